The van der Waals surface area contributed by atoms with Gasteiger partial charge in [-0.2, -0.15) is 0 Å². The Hall–Kier alpha value is -1.19. The van der Waals surface area contributed by atoms with Gasteiger partial charge >= 0.3 is 0 Å². The van der Waals surface area contributed by atoms with Gasteiger partial charge < -0.3 is 5.11 Å². The molecule has 1 aliphatic carbocycles. The largest absolute Gasteiger partial charge is 0.396 e. The van der Waals surface area contributed by atoms with Gasteiger partial charge in [-0.25, -0.2) is 4.98 Å². The summed E-state index contributed by atoms with van der Waals surface area (Å²) in [5.41, 5.74) is 2.31. The first-order chi connectivity index (χ1) is 7.88. The van der Waals surface area contributed by atoms with Gasteiger partial charge in [0.15, 0.2) is 0 Å². The van der Waals surface area contributed by atoms with Crippen molar-refractivity contribution in [1.82, 2.24) is 4.98 Å². The minimum absolute atomic E-state index is 0.227. The SMILES string of the molecule is OCC1CCc2sc(-c3ccccc3)nc21. The van der Waals surface area contributed by atoms with E-state index in [4.69, 9.17) is 0 Å². The van der Waals surface area contributed by atoms with E-state index in [1.54, 1.807) is 11.3 Å². The van der Waals surface area contributed by atoms with Crippen molar-refractivity contribution in [2.24, 2.45) is 0 Å². The van der Waals surface area contributed by atoms with E-state index >= 15 is 0 Å². The number of aryl methyl sites for hydroxylation is 1. The summed E-state index contributed by atoms with van der Waals surface area (Å²) < 4.78 is 0. The highest BCUT2D eigenvalue weighted by atomic mass is 32.1. The number of nitrogens with zero attached hydrogens (tertiary/aromatic N) is 1. The van der Waals surface area contributed by atoms with Crippen molar-refractivity contribution in [2.45, 2.75) is 18.8 Å². The number of aliphatic hydroxyl groups is 1. The van der Waals surface area contributed by atoms with Crippen molar-refractivity contribution < 1.29 is 5.11 Å². The Morgan fingerprint density at radius 2 is 2.12 bits per heavy atom. The molecule has 1 heterocycles. The predicted octanol–water partition coefficient (Wildman–Crippen LogP) is 2.83. The van der Waals surface area contributed by atoms with Crippen molar-refractivity contribution in [1.29, 1.82) is 0 Å². The minimum Gasteiger partial charge on any atom is -0.396 e. The van der Waals surface area contributed by atoms with E-state index in [1.807, 2.05) is 18.2 Å². The lowest BCUT2D eigenvalue weighted by atomic mass is 10.1. The molecule has 2 nitrogen and oxygen atoms in total. The third-order valence-corrected chi connectivity index (χ3v) is 4.26. The molecule has 1 atom stereocenters. The Morgan fingerprint density at radius 3 is 2.88 bits per heavy atom. The Kier molecular flexibility index (Phi) is 2.50. The van der Waals surface area contributed by atoms with Crippen molar-refractivity contribution in [3.05, 3.63) is 40.9 Å². The van der Waals surface area contributed by atoms with Crippen LogP contribution in [0.25, 0.3) is 10.6 Å². The van der Waals surface area contributed by atoms with Crippen LogP contribution in [0.2, 0.25) is 0 Å². The predicted molar refractivity (Wildman–Crippen MR) is 65.7 cm³/mol. The molecule has 0 radical (unpaired) electrons. The Labute approximate surface area is 98.6 Å². The van der Waals surface area contributed by atoms with Gasteiger partial charge in [-0.15, -0.1) is 11.3 Å². The molecule has 1 N–H and O–H groups in total. The molecule has 0 aliphatic heterocycles. The first kappa shape index (κ1) is 10.00. The number of thiazole rings is 1. The van der Waals surface area contributed by atoms with Crippen LogP contribution < -0.4 is 0 Å². The van der Waals surface area contributed by atoms with E-state index in [2.05, 4.69) is 17.1 Å². The maximum Gasteiger partial charge on any atom is 0.123 e. The molecule has 0 amide bonds. The summed E-state index contributed by atoms with van der Waals surface area (Å²) in [6, 6.07) is 10.3. The first-order valence-electron chi connectivity index (χ1n) is 5.54. The lowest BCUT2D eigenvalue weighted by molar-refractivity contribution is 0.263. The van der Waals surface area contributed by atoms with E-state index < -0.39 is 0 Å². The summed E-state index contributed by atoms with van der Waals surface area (Å²) in [4.78, 5) is 6.03. The third-order valence-electron chi connectivity index (χ3n) is 3.08. The molecule has 1 aromatic carbocycles. The number of fused-ring (bicyclic) bond motifs is 1. The van der Waals surface area contributed by atoms with Crippen LogP contribution in [-0.4, -0.2) is 16.7 Å². The number of hydrogen-bond acceptors (Lipinski definition) is 3. The number of hydrogen-bond donors (Lipinski definition) is 1. The molecule has 0 spiro atoms. The fourth-order valence-corrected chi connectivity index (χ4v) is 3.35. The van der Waals surface area contributed by atoms with Crippen molar-refractivity contribution in [3.8, 4) is 10.6 Å². The topological polar surface area (TPSA) is 33.1 Å². The van der Waals surface area contributed by atoms with Crippen LogP contribution in [0.1, 0.15) is 22.9 Å². The highest BCUT2D eigenvalue weighted by Gasteiger charge is 2.26. The van der Waals surface area contributed by atoms with Crippen molar-refractivity contribution in [3.63, 3.8) is 0 Å². The Bertz CT molecular complexity index is 492. The van der Waals surface area contributed by atoms with Gasteiger partial charge in [0.2, 0.25) is 0 Å². The monoisotopic (exact) mass is 231 g/mol. The van der Waals surface area contributed by atoms with Gasteiger partial charge in [0.05, 0.1) is 12.3 Å². The molecule has 16 heavy (non-hydrogen) atoms. The Morgan fingerprint density at radius 1 is 1.31 bits per heavy atom. The van der Waals surface area contributed by atoms with Crippen LogP contribution >= 0.6 is 11.3 Å². The van der Waals surface area contributed by atoms with Gasteiger partial charge in [-0.3, -0.25) is 0 Å². The highest BCUT2D eigenvalue weighted by molar-refractivity contribution is 7.15. The second kappa shape index (κ2) is 4.00. The summed E-state index contributed by atoms with van der Waals surface area (Å²) in [6.45, 7) is 0.227. The number of aliphatic hydroxyl groups excluding tert-OH is 1. The quantitative estimate of drug-likeness (QED) is 0.862. The second-order valence-corrected chi connectivity index (χ2v) is 5.20. The zero-order chi connectivity index (χ0) is 11.0. The zero-order valence-corrected chi connectivity index (χ0v) is 9.70. The highest BCUT2D eigenvalue weighted by Crippen LogP contribution is 2.39. The van der Waals surface area contributed by atoms with Gasteiger partial charge in [0.25, 0.3) is 0 Å². The molecule has 3 heteroatoms. The lowest BCUT2D eigenvalue weighted by Crippen LogP contribution is -1.99. The van der Waals surface area contributed by atoms with Crippen LogP contribution in [0.5, 0.6) is 0 Å². The van der Waals surface area contributed by atoms with Gasteiger partial charge in [-0.1, -0.05) is 30.3 Å². The molecule has 3 rings (SSSR count). The van der Waals surface area contributed by atoms with Gasteiger partial charge in [-0.05, 0) is 12.8 Å². The van der Waals surface area contributed by atoms with E-state index in [9.17, 15) is 5.11 Å². The molecule has 0 saturated heterocycles. The van der Waals surface area contributed by atoms with Crippen molar-refractivity contribution in [2.75, 3.05) is 6.61 Å². The molecule has 82 valence electrons. The standard InChI is InChI=1S/C13H13NOS/c15-8-10-6-7-11-12(10)14-13(16-11)9-4-2-1-3-5-9/h1-5,10,15H,6-8H2. The molecule has 1 aromatic heterocycles. The van der Waals surface area contributed by atoms with Gasteiger partial charge in [0, 0.05) is 16.4 Å². The molecule has 0 fully saturated rings. The average Bonchev–Trinajstić information content (AvgIpc) is 2.89. The number of rotatable bonds is 2. The molecule has 1 unspecified atom stereocenters. The maximum absolute atomic E-state index is 9.26. The molecule has 0 saturated carbocycles. The second-order valence-electron chi connectivity index (χ2n) is 4.11. The van der Waals surface area contributed by atoms with Crippen LogP contribution in [0.15, 0.2) is 30.3 Å². The smallest absolute Gasteiger partial charge is 0.123 e. The van der Waals surface area contributed by atoms with Crippen LogP contribution in [-0.2, 0) is 6.42 Å². The number of aromatic nitrogens is 1. The normalized spacial score (nSPS) is 18.7. The van der Waals surface area contributed by atoms with E-state index in [0.29, 0.717) is 0 Å². The molecule has 0 bridgehead atoms. The van der Waals surface area contributed by atoms with Crippen molar-refractivity contribution >= 4 is 11.3 Å². The summed E-state index contributed by atoms with van der Waals surface area (Å²) in [5.74, 6) is 0.267. The Balaban J connectivity index is 2.00. The minimum atomic E-state index is 0.227. The van der Waals surface area contributed by atoms with E-state index in [1.165, 1.54) is 10.4 Å². The molecular weight excluding hydrogens is 218 g/mol. The fraction of sp³-hybridized carbons (Fsp3) is 0.308. The molecule has 2 aromatic rings. The molecule has 1 aliphatic rings. The zero-order valence-electron chi connectivity index (χ0n) is 8.89. The van der Waals surface area contributed by atoms with Crippen LogP contribution in [0, 0.1) is 0 Å². The maximum atomic E-state index is 9.26. The first-order valence-corrected chi connectivity index (χ1v) is 6.36. The van der Waals surface area contributed by atoms with Crippen LogP contribution in [0.3, 0.4) is 0 Å². The summed E-state index contributed by atoms with van der Waals surface area (Å²) in [6.07, 6.45) is 2.13. The lowest BCUT2D eigenvalue weighted by Gasteiger charge is -2.02. The summed E-state index contributed by atoms with van der Waals surface area (Å²) in [7, 11) is 0. The fourth-order valence-electron chi connectivity index (χ4n) is 2.19. The van der Waals surface area contributed by atoms with Crippen LogP contribution in [0.4, 0.5) is 0 Å². The summed E-state index contributed by atoms with van der Waals surface area (Å²) >= 11 is 1.77. The van der Waals surface area contributed by atoms with E-state index in [0.717, 1.165) is 23.5 Å². The molecular formula is C13H13NOS. The number of benzene rings is 1. The summed E-state index contributed by atoms with van der Waals surface area (Å²) in [5, 5.41) is 10.3. The van der Waals surface area contributed by atoms with E-state index in [-0.39, 0.29) is 12.5 Å². The van der Waals surface area contributed by atoms with Gasteiger partial charge in [0.1, 0.15) is 5.01 Å². The average molecular weight is 231 g/mol. The third kappa shape index (κ3) is 1.56.